The molecule has 2 atom stereocenters. The van der Waals surface area contributed by atoms with E-state index in [9.17, 15) is 4.79 Å². The van der Waals surface area contributed by atoms with Gasteiger partial charge in [-0.05, 0) is 38.0 Å². The second-order valence-electron chi connectivity index (χ2n) is 7.90. The molecule has 5 heterocycles. The molecule has 0 spiro atoms. The Morgan fingerprint density at radius 3 is 2.97 bits per heavy atom. The molecule has 0 unspecified atom stereocenters. The number of carbonyl (C=O) groups is 1. The highest BCUT2D eigenvalue weighted by Crippen LogP contribution is 2.28. The van der Waals surface area contributed by atoms with Gasteiger partial charge in [0.05, 0.1) is 22.8 Å². The normalized spacial score (nSPS) is 22.3. The van der Waals surface area contributed by atoms with E-state index >= 15 is 0 Å². The molecule has 1 amide bonds. The van der Waals surface area contributed by atoms with Gasteiger partial charge in [-0.1, -0.05) is 6.07 Å². The molecule has 0 aliphatic carbocycles. The maximum Gasteiger partial charge on any atom is 0.239 e. The molecular formula is C21H25N7O. The van der Waals surface area contributed by atoms with Gasteiger partial charge in [-0.15, -0.1) is 0 Å². The average Bonchev–Trinajstić information content (AvgIpc) is 3.31. The lowest BCUT2D eigenvalue weighted by molar-refractivity contribution is -0.131. The number of fused-ring (bicyclic) bond motifs is 5. The Morgan fingerprint density at radius 1 is 1.17 bits per heavy atom. The molecule has 0 saturated carbocycles. The summed E-state index contributed by atoms with van der Waals surface area (Å²) in [5.74, 6) is 1.90. The topological polar surface area (TPSA) is 88.0 Å². The number of rotatable bonds is 0. The maximum atomic E-state index is 12.8. The van der Waals surface area contributed by atoms with Crippen LogP contribution >= 0.6 is 0 Å². The van der Waals surface area contributed by atoms with Crippen LogP contribution in [-0.4, -0.2) is 62.5 Å². The molecular weight excluding hydrogens is 366 g/mol. The van der Waals surface area contributed by atoms with Crippen molar-refractivity contribution >= 4 is 22.8 Å². The van der Waals surface area contributed by atoms with E-state index < -0.39 is 0 Å². The number of pyridine rings is 2. The molecule has 3 aromatic rings. The number of hydrogen-bond donors (Lipinski definition) is 2. The summed E-state index contributed by atoms with van der Waals surface area (Å²) in [5.41, 5.74) is 3.59. The van der Waals surface area contributed by atoms with Crippen LogP contribution in [0.2, 0.25) is 0 Å². The highest BCUT2D eigenvalue weighted by molar-refractivity contribution is 5.89. The number of hydrogen-bond acceptors (Lipinski definition) is 6. The van der Waals surface area contributed by atoms with Crippen molar-refractivity contribution < 1.29 is 4.79 Å². The fraction of sp³-hybridized carbons (Fsp3) is 0.429. The van der Waals surface area contributed by atoms with E-state index in [1.165, 1.54) is 0 Å². The van der Waals surface area contributed by atoms with Gasteiger partial charge in [0.25, 0.3) is 0 Å². The predicted octanol–water partition coefficient (Wildman–Crippen LogP) is 1.81. The van der Waals surface area contributed by atoms with E-state index in [0.29, 0.717) is 6.54 Å². The van der Waals surface area contributed by atoms with Crippen molar-refractivity contribution in [3.8, 4) is 11.4 Å². The van der Waals surface area contributed by atoms with E-state index in [1.807, 2.05) is 43.1 Å². The number of likely N-dealkylation sites (N-methyl/N-ethyl adjacent to an activating group) is 1. The van der Waals surface area contributed by atoms with Gasteiger partial charge in [-0.25, -0.2) is 9.97 Å². The van der Waals surface area contributed by atoms with Crippen molar-refractivity contribution in [3.63, 3.8) is 0 Å². The van der Waals surface area contributed by atoms with Gasteiger partial charge < -0.3 is 20.1 Å². The molecule has 150 valence electrons. The molecule has 0 aromatic carbocycles. The molecule has 8 heteroatoms. The van der Waals surface area contributed by atoms with Crippen LogP contribution in [0, 0.1) is 6.92 Å². The second-order valence-corrected chi connectivity index (χ2v) is 7.90. The minimum atomic E-state index is -0.147. The fourth-order valence-electron chi connectivity index (χ4n) is 4.39. The smallest absolute Gasteiger partial charge is 0.239 e. The van der Waals surface area contributed by atoms with Crippen LogP contribution < -0.4 is 10.6 Å². The highest BCUT2D eigenvalue weighted by Gasteiger charge is 2.31. The number of imidazole rings is 1. The monoisotopic (exact) mass is 391 g/mol. The van der Waals surface area contributed by atoms with Gasteiger partial charge in [-0.2, -0.15) is 0 Å². The van der Waals surface area contributed by atoms with Crippen molar-refractivity contribution in [2.45, 2.75) is 38.4 Å². The van der Waals surface area contributed by atoms with E-state index in [2.05, 4.69) is 20.2 Å². The summed E-state index contributed by atoms with van der Waals surface area (Å²) in [6, 6.07) is 7.92. The predicted molar refractivity (Wildman–Crippen MR) is 112 cm³/mol. The molecule has 3 aromatic heterocycles. The summed E-state index contributed by atoms with van der Waals surface area (Å²) < 4.78 is 2.20. The third-order valence-electron chi connectivity index (χ3n) is 5.87. The van der Waals surface area contributed by atoms with Crippen LogP contribution in [0.1, 0.15) is 18.7 Å². The zero-order valence-electron chi connectivity index (χ0n) is 16.7. The third kappa shape index (κ3) is 3.23. The summed E-state index contributed by atoms with van der Waals surface area (Å²) in [6.07, 6.45) is 3.40. The summed E-state index contributed by atoms with van der Waals surface area (Å²) in [5, 5.41) is 6.84. The van der Waals surface area contributed by atoms with Crippen molar-refractivity contribution in [1.29, 1.82) is 0 Å². The Labute approximate surface area is 169 Å². The van der Waals surface area contributed by atoms with Gasteiger partial charge in [0, 0.05) is 38.9 Å². The molecule has 1 fully saturated rings. The van der Waals surface area contributed by atoms with Gasteiger partial charge in [-0.3, -0.25) is 9.78 Å². The number of anilines is 1. The Balaban J connectivity index is 1.62. The Morgan fingerprint density at radius 2 is 2.07 bits per heavy atom. The molecule has 5 rings (SSSR count). The lowest BCUT2D eigenvalue weighted by Crippen LogP contribution is -2.42. The first kappa shape index (κ1) is 18.1. The van der Waals surface area contributed by atoms with Crippen molar-refractivity contribution in [2.75, 3.05) is 25.5 Å². The van der Waals surface area contributed by atoms with E-state index in [4.69, 9.17) is 9.97 Å². The van der Waals surface area contributed by atoms with Crippen LogP contribution in [0.15, 0.2) is 30.5 Å². The molecule has 0 radical (unpaired) electrons. The van der Waals surface area contributed by atoms with Crippen LogP contribution in [0.25, 0.3) is 22.4 Å². The number of nitrogens with one attached hydrogen (secondary N) is 2. The molecule has 2 N–H and O–H groups in total. The SMILES string of the molecule is Cc1nc2ccnc3c2n1CCCN(C)C(=O)[C@@H]1C[C@@H](CN1)Nc1cccc-3n1. The first-order valence-corrected chi connectivity index (χ1v) is 10.1. The van der Waals surface area contributed by atoms with E-state index in [0.717, 1.165) is 60.0 Å². The van der Waals surface area contributed by atoms with Crippen molar-refractivity contribution in [3.05, 3.63) is 36.3 Å². The van der Waals surface area contributed by atoms with Gasteiger partial charge in [0.15, 0.2) is 0 Å². The van der Waals surface area contributed by atoms with Gasteiger partial charge in [0.1, 0.15) is 17.3 Å². The Kier molecular flexibility index (Phi) is 4.43. The number of aromatic nitrogens is 4. The molecule has 8 nitrogen and oxygen atoms in total. The van der Waals surface area contributed by atoms with Gasteiger partial charge >= 0.3 is 0 Å². The third-order valence-corrected chi connectivity index (χ3v) is 5.87. The standard InChI is InChI=1S/C21H25N7O/c1-13-24-16-7-8-22-19-15-5-3-6-18(26-15)25-14-11-17(23-12-14)21(29)27(2)9-4-10-28(13)20(16)19/h3,5-8,14,17,23H,4,9-12H2,1-2H3,(H,25,26)/t14-,17-/m0/s1. The van der Waals surface area contributed by atoms with Gasteiger partial charge in [0.2, 0.25) is 5.91 Å². The van der Waals surface area contributed by atoms with Crippen LogP contribution in [0.5, 0.6) is 0 Å². The molecule has 29 heavy (non-hydrogen) atoms. The molecule has 2 aliphatic rings. The van der Waals surface area contributed by atoms with Crippen LogP contribution in [0.4, 0.5) is 5.82 Å². The number of aryl methyl sites for hydroxylation is 2. The van der Waals surface area contributed by atoms with Crippen molar-refractivity contribution in [1.82, 2.24) is 29.7 Å². The maximum absolute atomic E-state index is 12.8. The van der Waals surface area contributed by atoms with Crippen molar-refractivity contribution in [2.24, 2.45) is 0 Å². The second kappa shape index (κ2) is 7.11. The van der Waals surface area contributed by atoms with E-state index in [-0.39, 0.29) is 18.0 Å². The summed E-state index contributed by atoms with van der Waals surface area (Å²) in [7, 11) is 1.89. The Hall–Kier alpha value is -3.00. The number of nitrogens with zero attached hydrogens (tertiary/aromatic N) is 5. The molecule has 2 aliphatic heterocycles. The first-order chi connectivity index (χ1) is 14.1. The number of carbonyl (C=O) groups excluding carboxylic acids is 1. The lowest BCUT2D eigenvalue weighted by atomic mass is 10.1. The van der Waals surface area contributed by atoms with Crippen LogP contribution in [-0.2, 0) is 11.3 Å². The zero-order chi connectivity index (χ0) is 20.0. The minimum Gasteiger partial charge on any atom is -0.366 e. The fourth-order valence-corrected chi connectivity index (χ4v) is 4.39. The minimum absolute atomic E-state index is 0.147. The summed E-state index contributed by atoms with van der Waals surface area (Å²) in [6.45, 7) is 4.24. The zero-order valence-corrected chi connectivity index (χ0v) is 16.7. The first-order valence-electron chi connectivity index (χ1n) is 10.1. The largest absolute Gasteiger partial charge is 0.366 e. The van der Waals surface area contributed by atoms with E-state index in [1.54, 1.807) is 6.20 Å². The molecule has 1 saturated heterocycles. The summed E-state index contributed by atoms with van der Waals surface area (Å²) in [4.78, 5) is 28.9. The lowest BCUT2D eigenvalue weighted by Gasteiger charge is -2.21. The Bertz CT molecular complexity index is 1080. The molecule has 4 bridgehead atoms. The van der Waals surface area contributed by atoms with Crippen LogP contribution in [0.3, 0.4) is 0 Å². The highest BCUT2D eigenvalue weighted by atomic mass is 16.2. The average molecular weight is 391 g/mol. The number of amides is 1. The summed E-state index contributed by atoms with van der Waals surface area (Å²) >= 11 is 0. The quantitative estimate of drug-likeness (QED) is 0.608.